The molecule has 0 saturated heterocycles. The first kappa shape index (κ1) is 14.2. The highest BCUT2D eigenvalue weighted by atomic mass is 16.5. The van der Waals surface area contributed by atoms with Crippen LogP contribution >= 0.6 is 0 Å². The first-order chi connectivity index (χ1) is 9.22. The predicted molar refractivity (Wildman–Crippen MR) is 78.3 cm³/mol. The van der Waals surface area contributed by atoms with Crippen LogP contribution in [0.3, 0.4) is 0 Å². The lowest BCUT2D eigenvalue weighted by Crippen LogP contribution is -2.10. The minimum atomic E-state index is 0.795. The molecule has 2 rings (SSSR count). The van der Waals surface area contributed by atoms with Gasteiger partial charge >= 0.3 is 0 Å². The number of ether oxygens (including phenoxy) is 1. The monoisotopic (exact) mass is 266 g/mol. The number of aryl methyl sites for hydroxylation is 2. The van der Waals surface area contributed by atoms with Crippen LogP contribution in [0.25, 0.3) is 0 Å². The van der Waals surface area contributed by atoms with Gasteiger partial charge < -0.3 is 15.8 Å². The second kappa shape index (κ2) is 6.80. The molecule has 5 heteroatoms. The van der Waals surface area contributed by atoms with Crippen LogP contribution < -0.4 is 11.1 Å². The summed E-state index contributed by atoms with van der Waals surface area (Å²) in [4.78, 5) is 0. The van der Waals surface area contributed by atoms with Crippen LogP contribution in [0.2, 0.25) is 0 Å². The van der Waals surface area contributed by atoms with E-state index in [1.165, 1.54) is 12.8 Å². The molecular weight excluding hydrogens is 240 g/mol. The molecule has 1 aromatic rings. The Morgan fingerprint density at radius 1 is 1.47 bits per heavy atom. The molecule has 1 fully saturated rings. The zero-order valence-electron chi connectivity index (χ0n) is 12.1. The van der Waals surface area contributed by atoms with E-state index >= 15 is 0 Å². The SMILES string of the molecule is CCCc1nn(C)c(NCCCOCC2CC2)c1N. The molecular formula is C14H26N4O. The van der Waals surface area contributed by atoms with Crippen LogP contribution in [0.15, 0.2) is 0 Å². The Bertz CT molecular complexity index is 398. The van der Waals surface area contributed by atoms with Crippen molar-refractivity contribution < 1.29 is 4.74 Å². The van der Waals surface area contributed by atoms with Crippen molar-refractivity contribution in [3.8, 4) is 0 Å². The van der Waals surface area contributed by atoms with Gasteiger partial charge in [-0.1, -0.05) is 13.3 Å². The molecule has 108 valence electrons. The van der Waals surface area contributed by atoms with E-state index in [2.05, 4.69) is 17.3 Å². The quantitative estimate of drug-likeness (QED) is 0.672. The van der Waals surface area contributed by atoms with Gasteiger partial charge in [0, 0.05) is 26.8 Å². The van der Waals surface area contributed by atoms with Crippen LogP contribution in [0.5, 0.6) is 0 Å². The van der Waals surface area contributed by atoms with Gasteiger partial charge in [-0.25, -0.2) is 0 Å². The Kier molecular flexibility index (Phi) is 5.07. The smallest absolute Gasteiger partial charge is 0.147 e. The first-order valence-electron chi connectivity index (χ1n) is 7.35. The Morgan fingerprint density at radius 3 is 2.95 bits per heavy atom. The second-order valence-corrected chi connectivity index (χ2v) is 5.38. The van der Waals surface area contributed by atoms with E-state index in [0.29, 0.717) is 0 Å². The maximum atomic E-state index is 6.10. The van der Waals surface area contributed by atoms with E-state index < -0.39 is 0 Å². The van der Waals surface area contributed by atoms with Gasteiger partial charge in [0.2, 0.25) is 0 Å². The summed E-state index contributed by atoms with van der Waals surface area (Å²) in [5, 5.41) is 7.80. The third-order valence-corrected chi connectivity index (χ3v) is 3.46. The fourth-order valence-electron chi connectivity index (χ4n) is 2.14. The fourth-order valence-corrected chi connectivity index (χ4v) is 2.14. The highest BCUT2D eigenvalue weighted by Crippen LogP contribution is 2.28. The minimum Gasteiger partial charge on any atom is -0.394 e. The normalized spacial score (nSPS) is 14.8. The molecule has 1 heterocycles. The fraction of sp³-hybridized carbons (Fsp3) is 0.786. The second-order valence-electron chi connectivity index (χ2n) is 5.38. The summed E-state index contributed by atoms with van der Waals surface area (Å²) in [6.07, 6.45) is 5.70. The number of anilines is 2. The van der Waals surface area contributed by atoms with Crippen molar-refractivity contribution in [3.05, 3.63) is 5.69 Å². The average molecular weight is 266 g/mol. The highest BCUT2D eigenvalue weighted by molar-refractivity contribution is 5.64. The van der Waals surface area contributed by atoms with E-state index in [1.807, 2.05) is 11.7 Å². The van der Waals surface area contributed by atoms with Crippen molar-refractivity contribution in [2.45, 2.75) is 39.0 Å². The van der Waals surface area contributed by atoms with E-state index in [9.17, 15) is 0 Å². The van der Waals surface area contributed by atoms with Crippen LogP contribution in [0, 0.1) is 5.92 Å². The van der Waals surface area contributed by atoms with Crippen LogP contribution in [0.1, 0.15) is 38.3 Å². The summed E-state index contributed by atoms with van der Waals surface area (Å²) in [5.41, 5.74) is 7.89. The molecule has 0 amide bonds. The van der Waals surface area contributed by atoms with E-state index in [4.69, 9.17) is 10.5 Å². The molecule has 1 saturated carbocycles. The molecule has 0 spiro atoms. The van der Waals surface area contributed by atoms with Gasteiger partial charge in [-0.15, -0.1) is 0 Å². The summed E-state index contributed by atoms with van der Waals surface area (Å²) >= 11 is 0. The summed E-state index contributed by atoms with van der Waals surface area (Å²) in [5.74, 6) is 1.78. The Labute approximate surface area is 115 Å². The van der Waals surface area contributed by atoms with Gasteiger partial charge in [-0.05, 0) is 31.6 Å². The molecule has 1 aromatic heterocycles. The minimum absolute atomic E-state index is 0.795. The maximum absolute atomic E-state index is 6.10. The summed E-state index contributed by atoms with van der Waals surface area (Å²) in [7, 11) is 1.93. The van der Waals surface area contributed by atoms with E-state index in [0.717, 1.165) is 62.1 Å². The number of nitrogens with two attached hydrogens (primary N) is 1. The first-order valence-corrected chi connectivity index (χ1v) is 7.35. The Hall–Kier alpha value is -1.23. The number of nitrogens with zero attached hydrogens (tertiary/aromatic N) is 2. The van der Waals surface area contributed by atoms with Crippen LogP contribution in [0.4, 0.5) is 11.5 Å². The lowest BCUT2D eigenvalue weighted by molar-refractivity contribution is 0.124. The number of aromatic nitrogens is 2. The Balaban J connectivity index is 1.69. The van der Waals surface area contributed by atoms with Gasteiger partial charge in [-0.3, -0.25) is 4.68 Å². The molecule has 0 radical (unpaired) electrons. The molecule has 1 aliphatic rings. The van der Waals surface area contributed by atoms with Crippen LogP contribution in [-0.2, 0) is 18.2 Å². The van der Waals surface area contributed by atoms with Gasteiger partial charge in [0.1, 0.15) is 5.82 Å². The third-order valence-electron chi connectivity index (χ3n) is 3.46. The van der Waals surface area contributed by atoms with Crippen molar-refractivity contribution in [2.75, 3.05) is 30.8 Å². The van der Waals surface area contributed by atoms with Crippen molar-refractivity contribution in [2.24, 2.45) is 13.0 Å². The molecule has 0 aromatic carbocycles. The highest BCUT2D eigenvalue weighted by Gasteiger charge is 2.20. The lowest BCUT2D eigenvalue weighted by atomic mass is 10.2. The number of hydrogen-bond acceptors (Lipinski definition) is 4. The van der Waals surface area contributed by atoms with E-state index in [1.54, 1.807) is 0 Å². The summed E-state index contributed by atoms with van der Waals surface area (Å²) in [6, 6.07) is 0. The number of hydrogen-bond donors (Lipinski definition) is 2. The van der Waals surface area contributed by atoms with Gasteiger partial charge in [-0.2, -0.15) is 5.10 Å². The average Bonchev–Trinajstić information content (AvgIpc) is 3.16. The van der Waals surface area contributed by atoms with Crippen molar-refractivity contribution in [1.29, 1.82) is 0 Å². The topological polar surface area (TPSA) is 65.1 Å². The Morgan fingerprint density at radius 2 is 2.26 bits per heavy atom. The van der Waals surface area contributed by atoms with Gasteiger partial charge in [0.05, 0.1) is 11.4 Å². The molecule has 0 bridgehead atoms. The molecule has 5 nitrogen and oxygen atoms in total. The van der Waals surface area contributed by atoms with Crippen molar-refractivity contribution >= 4 is 11.5 Å². The summed E-state index contributed by atoms with van der Waals surface area (Å²) < 4.78 is 7.44. The van der Waals surface area contributed by atoms with Crippen LogP contribution in [-0.4, -0.2) is 29.5 Å². The lowest BCUT2D eigenvalue weighted by Gasteiger charge is -2.08. The predicted octanol–water partition coefficient (Wildman–Crippen LogP) is 2.18. The van der Waals surface area contributed by atoms with Gasteiger partial charge in [0.15, 0.2) is 0 Å². The van der Waals surface area contributed by atoms with Crippen molar-refractivity contribution in [1.82, 2.24) is 9.78 Å². The molecule has 19 heavy (non-hydrogen) atoms. The number of rotatable bonds is 9. The van der Waals surface area contributed by atoms with Crippen molar-refractivity contribution in [3.63, 3.8) is 0 Å². The molecule has 0 unspecified atom stereocenters. The standard InChI is InChI=1S/C14H26N4O/c1-3-5-12-13(15)14(18(2)17-12)16-8-4-9-19-10-11-6-7-11/h11,16H,3-10,15H2,1-2H3. The molecule has 0 aliphatic heterocycles. The zero-order chi connectivity index (χ0) is 13.7. The summed E-state index contributed by atoms with van der Waals surface area (Å²) in [6.45, 7) is 4.77. The largest absolute Gasteiger partial charge is 0.394 e. The molecule has 0 atom stereocenters. The molecule has 3 N–H and O–H groups in total. The van der Waals surface area contributed by atoms with Gasteiger partial charge in [0.25, 0.3) is 0 Å². The third kappa shape index (κ3) is 4.13. The van der Waals surface area contributed by atoms with E-state index in [-0.39, 0.29) is 0 Å². The molecule has 1 aliphatic carbocycles. The zero-order valence-corrected chi connectivity index (χ0v) is 12.1. The number of nitrogen functional groups attached to an aromatic ring is 1. The number of nitrogens with one attached hydrogen (secondary N) is 1. The maximum Gasteiger partial charge on any atom is 0.147 e.